The lowest BCUT2D eigenvalue weighted by atomic mass is 9.72. The molecule has 0 radical (unpaired) electrons. The fourth-order valence-corrected chi connectivity index (χ4v) is 2.60. The summed E-state index contributed by atoms with van der Waals surface area (Å²) in [6, 6.07) is 0. The molecule has 1 aliphatic rings. The van der Waals surface area contributed by atoms with E-state index in [2.05, 4.69) is 10.1 Å². The Bertz CT molecular complexity index is 424. The number of aliphatic carboxylic acids is 1. The van der Waals surface area contributed by atoms with Gasteiger partial charge in [0.05, 0.1) is 5.41 Å². The van der Waals surface area contributed by atoms with Gasteiger partial charge in [0.15, 0.2) is 5.82 Å². The minimum absolute atomic E-state index is 0.306. The standard InChI is InChI=1S/C13H20N2O4/c1-2-18-9-10-14-11(19-15-10)8-13(12(16)17)6-4-3-5-7-13/h2-9H2,1H3,(H,16,17). The SMILES string of the molecule is CCOCc1noc(CC2(C(=O)O)CCCCC2)n1. The number of rotatable bonds is 6. The Kier molecular flexibility index (Phi) is 4.52. The summed E-state index contributed by atoms with van der Waals surface area (Å²) in [5.74, 6) is 0.129. The molecule has 0 unspecified atom stereocenters. The molecule has 6 nitrogen and oxygen atoms in total. The molecule has 1 saturated carbocycles. The molecule has 1 aromatic heterocycles. The van der Waals surface area contributed by atoms with Gasteiger partial charge in [0.1, 0.15) is 6.61 Å². The molecule has 1 heterocycles. The number of carboxylic acid groups (broad SMARTS) is 1. The second-order valence-corrected chi connectivity index (χ2v) is 5.06. The Morgan fingerprint density at radius 2 is 2.16 bits per heavy atom. The molecule has 106 valence electrons. The number of ether oxygens (including phenoxy) is 1. The van der Waals surface area contributed by atoms with Crippen LogP contribution < -0.4 is 0 Å². The number of aromatic nitrogens is 2. The van der Waals surface area contributed by atoms with Crippen molar-refractivity contribution in [3.8, 4) is 0 Å². The summed E-state index contributed by atoms with van der Waals surface area (Å²) in [6.45, 7) is 2.78. The lowest BCUT2D eigenvalue weighted by molar-refractivity contribution is -0.151. The van der Waals surface area contributed by atoms with Crippen molar-refractivity contribution in [3.05, 3.63) is 11.7 Å². The summed E-state index contributed by atoms with van der Waals surface area (Å²) in [5.41, 5.74) is -0.729. The summed E-state index contributed by atoms with van der Waals surface area (Å²) in [4.78, 5) is 15.7. The molecule has 6 heteroatoms. The largest absolute Gasteiger partial charge is 0.481 e. The summed E-state index contributed by atoms with van der Waals surface area (Å²) in [5, 5.41) is 13.3. The summed E-state index contributed by atoms with van der Waals surface area (Å²) < 4.78 is 10.3. The first-order valence-corrected chi connectivity index (χ1v) is 6.79. The van der Waals surface area contributed by atoms with Gasteiger partial charge < -0.3 is 14.4 Å². The molecule has 0 amide bonds. The van der Waals surface area contributed by atoms with Gasteiger partial charge in [0.25, 0.3) is 0 Å². The van der Waals surface area contributed by atoms with Crippen molar-refractivity contribution in [2.45, 2.75) is 52.1 Å². The van der Waals surface area contributed by atoms with Crippen LogP contribution in [0.4, 0.5) is 0 Å². The van der Waals surface area contributed by atoms with Crippen LogP contribution in [-0.4, -0.2) is 27.8 Å². The van der Waals surface area contributed by atoms with E-state index in [0.29, 0.717) is 44.2 Å². The first kappa shape index (κ1) is 14.0. The number of hydrogen-bond acceptors (Lipinski definition) is 5. The zero-order valence-electron chi connectivity index (χ0n) is 11.2. The van der Waals surface area contributed by atoms with Crippen LogP contribution in [-0.2, 0) is 22.6 Å². The molecule has 0 spiro atoms. The van der Waals surface area contributed by atoms with Crippen molar-refractivity contribution in [1.29, 1.82) is 0 Å². The predicted octanol–water partition coefficient (Wildman–Crippen LogP) is 2.18. The van der Waals surface area contributed by atoms with Gasteiger partial charge in [-0.05, 0) is 19.8 Å². The fourth-order valence-electron chi connectivity index (χ4n) is 2.60. The number of carboxylic acids is 1. The van der Waals surface area contributed by atoms with E-state index in [0.717, 1.165) is 19.3 Å². The molecule has 1 aromatic rings. The van der Waals surface area contributed by atoms with E-state index in [1.165, 1.54) is 0 Å². The Morgan fingerprint density at radius 1 is 1.42 bits per heavy atom. The predicted molar refractivity (Wildman–Crippen MR) is 66.5 cm³/mol. The Hall–Kier alpha value is -1.43. The van der Waals surface area contributed by atoms with E-state index >= 15 is 0 Å². The third kappa shape index (κ3) is 3.32. The lowest BCUT2D eigenvalue weighted by Gasteiger charge is -2.31. The average molecular weight is 268 g/mol. The summed E-state index contributed by atoms with van der Waals surface area (Å²) in [6.07, 6.45) is 4.70. The van der Waals surface area contributed by atoms with Crippen LogP contribution in [0.3, 0.4) is 0 Å². The zero-order valence-corrected chi connectivity index (χ0v) is 11.2. The zero-order chi connectivity index (χ0) is 13.7. The van der Waals surface area contributed by atoms with Crippen molar-refractivity contribution < 1.29 is 19.2 Å². The number of nitrogens with zero attached hydrogens (tertiary/aromatic N) is 2. The molecule has 0 atom stereocenters. The molecule has 19 heavy (non-hydrogen) atoms. The Balaban J connectivity index is 2.04. The fraction of sp³-hybridized carbons (Fsp3) is 0.769. The maximum absolute atomic E-state index is 11.5. The molecule has 1 N–H and O–H groups in total. The Labute approximate surface area is 112 Å². The van der Waals surface area contributed by atoms with E-state index < -0.39 is 11.4 Å². The molecule has 1 aliphatic carbocycles. The quantitative estimate of drug-likeness (QED) is 0.851. The second kappa shape index (κ2) is 6.14. The molecule has 0 bridgehead atoms. The van der Waals surface area contributed by atoms with E-state index in [1.54, 1.807) is 0 Å². The van der Waals surface area contributed by atoms with Crippen LogP contribution in [0.2, 0.25) is 0 Å². The van der Waals surface area contributed by atoms with Gasteiger partial charge in [0.2, 0.25) is 5.89 Å². The smallest absolute Gasteiger partial charge is 0.310 e. The number of hydrogen-bond donors (Lipinski definition) is 1. The highest BCUT2D eigenvalue weighted by atomic mass is 16.5. The van der Waals surface area contributed by atoms with Crippen LogP contribution in [0.5, 0.6) is 0 Å². The normalized spacial score (nSPS) is 18.4. The van der Waals surface area contributed by atoms with Gasteiger partial charge in [-0.2, -0.15) is 4.98 Å². The van der Waals surface area contributed by atoms with E-state index in [9.17, 15) is 9.90 Å². The van der Waals surface area contributed by atoms with Gasteiger partial charge in [-0.15, -0.1) is 0 Å². The van der Waals surface area contributed by atoms with Gasteiger partial charge in [-0.25, -0.2) is 0 Å². The lowest BCUT2D eigenvalue weighted by Crippen LogP contribution is -2.35. The van der Waals surface area contributed by atoms with Crippen molar-refractivity contribution in [2.24, 2.45) is 5.41 Å². The van der Waals surface area contributed by atoms with Gasteiger partial charge in [-0.1, -0.05) is 24.4 Å². The average Bonchev–Trinajstić information content (AvgIpc) is 2.84. The number of carbonyl (C=O) groups is 1. The summed E-state index contributed by atoms with van der Waals surface area (Å²) >= 11 is 0. The van der Waals surface area contributed by atoms with Crippen LogP contribution in [0.1, 0.15) is 50.7 Å². The van der Waals surface area contributed by atoms with Crippen LogP contribution in [0, 0.1) is 5.41 Å². The highest BCUT2D eigenvalue weighted by molar-refractivity contribution is 5.75. The van der Waals surface area contributed by atoms with E-state index in [1.807, 2.05) is 6.92 Å². The third-order valence-corrected chi connectivity index (χ3v) is 3.70. The monoisotopic (exact) mass is 268 g/mol. The van der Waals surface area contributed by atoms with Crippen molar-refractivity contribution in [2.75, 3.05) is 6.61 Å². The minimum atomic E-state index is -0.753. The molecule has 0 saturated heterocycles. The maximum atomic E-state index is 11.5. The van der Waals surface area contributed by atoms with Crippen molar-refractivity contribution >= 4 is 5.97 Å². The third-order valence-electron chi connectivity index (χ3n) is 3.70. The van der Waals surface area contributed by atoms with Crippen LogP contribution in [0.15, 0.2) is 4.52 Å². The maximum Gasteiger partial charge on any atom is 0.310 e. The minimum Gasteiger partial charge on any atom is -0.481 e. The molecule has 1 fully saturated rings. The molecule has 0 aliphatic heterocycles. The van der Waals surface area contributed by atoms with Gasteiger partial charge >= 0.3 is 5.97 Å². The van der Waals surface area contributed by atoms with Crippen molar-refractivity contribution in [1.82, 2.24) is 10.1 Å². The highest BCUT2D eigenvalue weighted by Crippen LogP contribution is 2.39. The van der Waals surface area contributed by atoms with Crippen LogP contribution >= 0.6 is 0 Å². The molecular weight excluding hydrogens is 248 g/mol. The second-order valence-electron chi connectivity index (χ2n) is 5.06. The van der Waals surface area contributed by atoms with Crippen LogP contribution in [0.25, 0.3) is 0 Å². The molecule has 0 aromatic carbocycles. The van der Waals surface area contributed by atoms with Gasteiger partial charge in [-0.3, -0.25) is 4.79 Å². The Morgan fingerprint density at radius 3 is 2.79 bits per heavy atom. The van der Waals surface area contributed by atoms with Gasteiger partial charge in [0, 0.05) is 13.0 Å². The topological polar surface area (TPSA) is 85.5 Å². The first-order chi connectivity index (χ1) is 9.16. The van der Waals surface area contributed by atoms with Crippen molar-refractivity contribution in [3.63, 3.8) is 0 Å². The molecular formula is C13H20N2O4. The van der Waals surface area contributed by atoms with E-state index in [-0.39, 0.29) is 0 Å². The molecule has 2 rings (SSSR count). The highest BCUT2D eigenvalue weighted by Gasteiger charge is 2.41. The first-order valence-electron chi connectivity index (χ1n) is 6.79. The van der Waals surface area contributed by atoms with E-state index in [4.69, 9.17) is 9.26 Å². The summed E-state index contributed by atoms with van der Waals surface area (Å²) in [7, 11) is 0.